The summed E-state index contributed by atoms with van der Waals surface area (Å²) < 4.78 is 26.5. The number of nitrogens with zero attached hydrogens (tertiary/aromatic N) is 1. The van der Waals surface area contributed by atoms with Gasteiger partial charge in [0.2, 0.25) is 10.0 Å². The lowest BCUT2D eigenvalue weighted by atomic mass is 9.89. The third-order valence-electron chi connectivity index (χ3n) is 4.35. The summed E-state index contributed by atoms with van der Waals surface area (Å²) in [5.74, 6) is 0.579. The second kappa shape index (κ2) is 6.35. The topological polar surface area (TPSA) is 49.4 Å². The normalized spacial score (nSPS) is 27.6. The van der Waals surface area contributed by atoms with E-state index in [0.717, 1.165) is 25.9 Å². The minimum Gasteiger partial charge on any atom is -0.315 e. The molecular weight excluding hydrogens is 248 g/mol. The van der Waals surface area contributed by atoms with Gasteiger partial charge in [-0.25, -0.2) is 12.7 Å². The fourth-order valence-corrected chi connectivity index (χ4v) is 4.89. The van der Waals surface area contributed by atoms with Crippen LogP contribution < -0.4 is 5.32 Å². The summed E-state index contributed by atoms with van der Waals surface area (Å²) in [5.41, 5.74) is 0. The van der Waals surface area contributed by atoms with Gasteiger partial charge in [-0.15, -0.1) is 0 Å². The van der Waals surface area contributed by atoms with Crippen LogP contribution in [-0.4, -0.2) is 44.7 Å². The maximum Gasteiger partial charge on any atom is 0.217 e. The molecule has 5 heteroatoms. The highest BCUT2D eigenvalue weighted by Crippen LogP contribution is 2.26. The molecule has 1 aliphatic carbocycles. The van der Waals surface area contributed by atoms with E-state index >= 15 is 0 Å². The summed E-state index contributed by atoms with van der Waals surface area (Å²) in [5, 5.41) is 2.99. The van der Waals surface area contributed by atoms with Crippen LogP contribution in [-0.2, 0) is 10.0 Å². The van der Waals surface area contributed by atoms with E-state index in [9.17, 15) is 8.42 Å². The molecule has 1 saturated heterocycles. The van der Waals surface area contributed by atoms with Gasteiger partial charge in [-0.1, -0.05) is 19.3 Å². The Morgan fingerprint density at radius 3 is 2.44 bits per heavy atom. The lowest BCUT2D eigenvalue weighted by molar-refractivity contribution is 0.297. The van der Waals surface area contributed by atoms with Crippen LogP contribution in [0.2, 0.25) is 0 Å². The Labute approximate surface area is 111 Å². The summed E-state index contributed by atoms with van der Waals surface area (Å²) >= 11 is 0. The second-order valence-corrected chi connectivity index (χ2v) is 8.12. The highest BCUT2D eigenvalue weighted by atomic mass is 32.2. The predicted molar refractivity (Wildman–Crippen MR) is 74.0 cm³/mol. The number of sulfonamides is 1. The molecule has 0 amide bonds. The SMILES string of the molecule is CN(CC1CCCCC1)S(=O)(=O)C1CCCNC1. The van der Waals surface area contributed by atoms with E-state index in [1.807, 2.05) is 0 Å². The zero-order valence-electron chi connectivity index (χ0n) is 11.4. The number of piperidine rings is 1. The van der Waals surface area contributed by atoms with Crippen molar-refractivity contribution in [1.29, 1.82) is 0 Å². The predicted octanol–water partition coefficient (Wildman–Crippen LogP) is 1.58. The molecule has 2 aliphatic rings. The van der Waals surface area contributed by atoms with Crippen molar-refractivity contribution in [2.75, 3.05) is 26.7 Å². The van der Waals surface area contributed by atoms with Crippen molar-refractivity contribution in [3.63, 3.8) is 0 Å². The zero-order valence-corrected chi connectivity index (χ0v) is 12.2. The Balaban J connectivity index is 1.91. The molecule has 0 aromatic carbocycles. The van der Waals surface area contributed by atoms with Crippen molar-refractivity contribution in [1.82, 2.24) is 9.62 Å². The summed E-state index contributed by atoms with van der Waals surface area (Å²) in [4.78, 5) is 0. The van der Waals surface area contributed by atoms with Gasteiger partial charge in [-0.2, -0.15) is 0 Å². The first-order valence-corrected chi connectivity index (χ1v) is 8.77. The van der Waals surface area contributed by atoms with Crippen LogP contribution in [0.1, 0.15) is 44.9 Å². The van der Waals surface area contributed by atoms with Gasteiger partial charge in [-0.3, -0.25) is 0 Å². The molecule has 1 aliphatic heterocycles. The molecule has 0 aromatic rings. The molecule has 1 atom stereocenters. The smallest absolute Gasteiger partial charge is 0.217 e. The van der Waals surface area contributed by atoms with Crippen LogP contribution in [0.15, 0.2) is 0 Å². The van der Waals surface area contributed by atoms with Gasteiger partial charge < -0.3 is 5.32 Å². The lowest BCUT2D eigenvalue weighted by Crippen LogP contribution is -2.46. The number of rotatable bonds is 4. The van der Waals surface area contributed by atoms with Crippen LogP contribution in [0.5, 0.6) is 0 Å². The molecule has 1 saturated carbocycles. The minimum absolute atomic E-state index is 0.208. The van der Waals surface area contributed by atoms with Gasteiger partial charge in [0.1, 0.15) is 0 Å². The van der Waals surface area contributed by atoms with Gasteiger partial charge in [0.05, 0.1) is 5.25 Å². The van der Waals surface area contributed by atoms with E-state index in [1.54, 1.807) is 11.4 Å². The first-order chi connectivity index (χ1) is 8.60. The highest BCUT2D eigenvalue weighted by Gasteiger charge is 2.32. The van der Waals surface area contributed by atoms with Crippen molar-refractivity contribution in [2.24, 2.45) is 5.92 Å². The molecule has 106 valence electrons. The maximum atomic E-state index is 12.4. The zero-order chi connectivity index (χ0) is 13.0. The summed E-state index contributed by atoms with van der Waals surface area (Å²) in [6.07, 6.45) is 8.03. The molecule has 1 heterocycles. The standard InChI is InChI=1S/C13H26N2O2S/c1-15(11-12-6-3-2-4-7-12)18(16,17)13-8-5-9-14-10-13/h12-14H,2-11H2,1H3. The van der Waals surface area contributed by atoms with E-state index in [2.05, 4.69) is 5.32 Å². The Hall–Kier alpha value is -0.130. The average molecular weight is 274 g/mol. The lowest BCUT2D eigenvalue weighted by Gasteiger charge is -2.31. The average Bonchev–Trinajstić information content (AvgIpc) is 2.41. The molecule has 0 aromatic heterocycles. The molecule has 0 spiro atoms. The van der Waals surface area contributed by atoms with Crippen molar-refractivity contribution < 1.29 is 8.42 Å². The minimum atomic E-state index is -3.09. The van der Waals surface area contributed by atoms with Crippen LogP contribution in [0, 0.1) is 5.92 Å². The van der Waals surface area contributed by atoms with Crippen LogP contribution in [0.4, 0.5) is 0 Å². The second-order valence-electron chi connectivity index (χ2n) is 5.80. The molecule has 18 heavy (non-hydrogen) atoms. The summed E-state index contributed by atoms with van der Waals surface area (Å²) in [7, 11) is -1.33. The van der Waals surface area contributed by atoms with E-state index in [4.69, 9.17) is 0 Å². The molecule has 1 N–H and O–H groups in total. The van der Waals surface area contributed by atoms with E-state index in [1.165, 1.54) is 32.1 Å². The monoisotopic (exact) mass is 274 g/mol. The Morgan fingerprint density at radius 2 is 1.83 bits per heavy atom. The molecule has 0 bridgehead atoms. The third kappa shape index (κ3) is 3.45. The number of nitrogens with one attached hydrogen (secondary N) is 1. The Bertz CT molecular complexity index is 344. The largest absolute Gasteiger partial charge is 0.315 e. The van der Waals surface area contributed by atoms with Gasteiger partial charge in [-0.05, 0) is 38.1 Å². The summed E-state index contributed by atoms with van der Waals surface area (Å²) in [6, 6.07) is 0. The number of hydrogen-bond donors (Lipinski definition) is 1. The number of hydrogen-bond acceptors (Lipinski definition) is 3. The van der Waals surface area contributed by atoms with Crippen LogP contribution >= 0.6 is 0 Å². The summed E-state index contributed by atoms with van der Waals surface area (Å²) in [6.45, 7) is 2.30. The molecule has 2 rings (SSSR count). The van der Waals surface area contributed by atoms with E-state index < -0.39 is 10.0 Å². The fraction of sp³-hybridized carbons (Fsp3) is 1.00. The van der Waals surface area contributed by atoms with Crippen LogP contribution in [0.25, 0.3) is 0 Å². The molecular formula is C13H26N2O2S. The van der Waals surface area contributed by atoms with Crippen molar-refractivity contribution >= 4 is 10.0 Å². The van der Waals surface area contributed by atoms with Crippen molar-refractivity contribution in [3.05, 3.63) is 0 Å². The quantitative estimate of drug-likeness (QED) is 0.847. The van der Waals surface area contributed by atoms with Crippen molar-refractivity contribution in [3.8, 4) is 0 Å². The molecule has 1 unspecified atom stereocenters. The first-order valence-electron chi connectivity index (χ1n) is 7.26. The molecule has 2 fully saturated rings. The van der Waals surface area contributed by atoms with E-state index in [-0.39, 0.29) is 5.25 Å². The van der Waals surface area contributed by atoms with Gasteiger partial charge in [0.25, 0.3) is 0 Å². The maximum absolute atomic E-state index is 12.4. The Kier molecular flexibility index (Phi) is 5.04. The molecule has 0 radical (unpaired) electrons. The molecule has 4 nitrogen and oxygen atoms in total. The van der Waals surface area contributed by atoms with Crippen LogP contribution in [0.3, 0.4) is 0 Å². The van der Waals surface area contributed by atoms with Gasteiger partial charge in [0.15, 0.2) is 0 Å². The van der Waals surface area contributed by atoms with Crippen molar-refractivity contribution in [2.45, 2.75) is 50.2 Å². The fourth-order valence-electron chi connectivity index (χ4n) is 3.17. The highest BCUT2D eigenvalue weighted by molar-refractivity contribution is 7.89. The van der Waals surface area contributed by atoms with Gasteiger partial charge in [0, 0.05) is 20.1 Å². The first kappa shape index (κ1) is 14.3. The third-order valence-corrected chi connectivity index (χ3v) is 6.61. The van der Waals surface area contributed by atoms with E-state index in [0.29, 0.717) is 12.5 Å². The van der Waals surface area contributed by atoms with Gasteiger partial charge >= 0.3 is 0 Å². The Morgan fingerprint density at radius 1 is 1.11 bits per heavy atom.